The zero-order valence-electron chi connectivity index (χ0n) is 46.1. The van der Waals surface area contributed by atoms with Gasteiger partial charge < -0.3 is 51.8 Å². The molecule has 21 nitrogen and oxygen atoms in total. The van der Waals surface area contributed by atoms with Crippen LogP contribution in [-0.2, 0) is 41.8 Å². The average Bonchev–Trinajstić information content (AvgIpc) is 3.08. The van der Waals surface area contributed by atoms with Crippen LogP contribution in [0.3, 0.4) is 0 Å². The van der Waals surface area contributed by atoms with Crippen LogP contribution in [0.25, 0.3) is 44.3 Å². The zero-order chi connectivity index (χ0) is 60.8. The van der Waals surface area contributed by atoms with Crippen molar-refractivity contribution in [2.75, 3.05) is 55.1 Å². The summed E-state index contributed by atoms with van der Waals surface area (Å²) in [6, 6.07) is 24.9. The second-order valence-electron chi connectivity index (χ2n) is 19.5. The molecular formula is C59H57ClF2N12O9S2. The van der Waals surface area contributed by atoms with E-state index in [1.54, 1.807) is 42.9 Å². The van der Waals surface area contributed by atoms with Gasteiger partial charge in [-0.15, -0.1) is 0 Å². The standard InChI is InChI=1S/C59H57ClF2N12O9S2/c1-33-18-35(5-9-47(33)64)36-6-10-49(34(2)19-36)73-56(79)51(72-53(76)13-12-52(75)69-27-41-22-45(46(60)28-68-41)55(78)70-29-54(77)74-32-59(61,62)23-42(74)24-63)31-85-84-17-16-82-58(80)83-30-40-8-4-38(25-67-40)43-14-15-66-50-11-7-37(20-44(43)50)39-21-48(65)57(81-3)71-26-39/h4-11,14-15,18-22,25-26,28,42,51H,12-13,16-17,23,27,29-32,64-65H2,1-3H3,(H,69,75)(H,70,78)(H,72,76)(H,73,79)/t42-,51?/m0/s1. The van der Waals surface area contributed by atoms with Crippen LogP contribution < -0.4 is 37.5 Å². The third-order valence-electron chi connectivity index (χ3n) is 13.4. The number of halogens is 3. The molecule has 440 valence electrons. The summed E-state index contributed by atoms with van der Waals surface area (Å²) in [5.41, 5.74) is 22.0. The number of benzene rings is 3. The van der Waals surface area contributed by atoms with Crippen molar-refractivity contribution in [1.29, 1.82) is 5.26 Å². The van der Waals surface area contributed by atoms with Gasteiger partial charge in [-0.25, -0.2) is 18.6 Å². The lowest BCUT2D eigenvalue weighted by Crippen LogP contribution is -2.45. The average molecular weight is 1220 g/mol. The van der Waals surface area contributed by atoms with E-state index >= 15 is 0 Å². The number of carbonyl (C=O) groups is 6. The fourth-order valence-corrected chi connectivity index (χ4v) is 11.0. The van der Waals surface area contributed by atoms with E-state index in [0.717, 1.165) is 61.6 Å². The van der Waals surface area contributed by atoms with E-state index in [9.17, 15) is 42.8 Å². The number of nitrogens with one attached hydrogen (secondary N) is 4. The van der Waals surface area contributed by atoms with Gasteiger partial charge >= 0.3 is 6.16 Å². The van der Waals surface area contributed by atoms with E-state index in [1.807, 2.05) is 74.5 Å². The first-order chi connectivity index (χ1) is 40.8. The molecule has 0 bridgehead atoms. The Hall–Kier alpha value is -9.12. The number of nitrogens with two attached hydrogens (primary N) is 2. The van der Waals surface area contributed by atoms with Crippen molar-refractivity contribution in [3.8, 4) is 45.3 Å². The van der Waals surface area contributed by atoms with Gasteiger partial charge in [-0.3, -0.25) is 38.9 Å². The molecule has 0 radical (unpaired) electrons. The summed E-state index contributed by atoms with van der Waals surface area (Å²) < 4.78 is 43.6. The fourth-order valence-electron chi connectivity index (χ4n) is 8.87. The number of likely N-dealkylation sites (tertiary alicyclic amines) is 1. The van der Waals surface area contributed by atoms with Crippen molar-refractivity contribution in [3.63, 3.8) is 0 Å². The lowest BCUT2D eigenvalue weighted by molar-refractivity contribution is -0.131. The van der Waals surface area contributed by atoms with Crippen molar-refractivity contribution >= 4 is 96.8 Å². The predicted octanol–water partition coefficient (Wildman–Crippen LogP) is 8.61. The molecule has 1 unspecified atom stereocenters. The molecule has 0 spiro atoms. The molecule has 0 aliphatic carbocycles. The van der Waals surface area contributed by atoms with Crippen LogP contribution in [-0.4, -0.2) is 117 Å². The van der Waals surface area contributed by atoms with Gasteiger partial charge in [0, 0.05) is 83.4 Å². The van der Waals surface area contributed by atoms with E-state index in [2.05, 4.69) is 41.2 Å². The minimum absolute atomic E-state index is 0.0350. The Balaban J connectivity index is 0.808. The molecule has 2 atom stereocenters. The molecule has 1 aliphatic heterocycles. The Morgan fingerprint density at radius 1 is 0.800 bits per heavy atom. The number of fused-ring (bicyclic) bond motifs is 1. The molecule has 1 saturated heterocycles. The molecule has 85 heavy (non-hydrogen) atoms. The molecule has 1 fully saturated rings. The van der Waals surface area contributed by atoms with E-state index in [4.69, 9.17) is 37.3 Å². The Morgan fingerprint density at radius 3 is 2.25 bits per heavy atom. The molecule has 1 aliphatic rings. The first-order valence-corrected chi connectivity index (χ1v) is 29.2. The third kappa shape index (κ3) is 16.6. The number of hydrogen-bond donors (Lipinski definition) is 6. The predicted molar refractivity (Wildman–Crippen MR) is 320 cm³/mol. The first-order valence-electron chi connectivity index (χ1n) is 26.3. The normalized spacial score (nSPS) is 13.7. The Kier molecular flexibility index (Phi) is 20.7. The number of carbonyl (C=O) groups excluding carboxylic acids is 6. The minimum Gasteiger partial charge on any atom is -0.480 e. The smallest absolute Gasteiger partial charge is 0.480 e. The molecule has 26 heteroatoms. The maximum Gasteiger partial charge on any atom is 0.508 e. The molecule has 8 rings (SSSR count). The number of anilines is 3. The number of aryl methyl sites for hydroxylation is 2. The number of pyridine rings is 4. The molecule has 4 aromatic heterocycles. The van der Waals surface area contributed by atoms with Gasteiger partial charge in [0.25, 0.3) is 11.8 Å². The molecular weight excluding hydrogens is 1160 g/mol. The molecule has 3 aromatic carbocycles. The highest BCUT2D eigenvalue weighted by molar-refractivity contribution is 8.76. The third-order valence-corrected chi connectivity index (χ3v) is 16.1. The number of nitrogens with zero attached hydrogens (tertiary/aromatic N) is 6. The largest absolute Gasteiger partial charge is 0.508 e. The molecule has 5 heterocycles. The highest BCUT2D eigenvalue weighted by Crippen LogP contribution is 2.35. The van der Waals surface area contributed by atoms with Crippen molar-refractivity contribution in [3.05, 3.63) is 143 Å². The number of alkyl halides is 2. The van der Waals surface area contributed by atoms with Crippen LogP contribution in [0.15, 0.2) is 110 Å². The second-order valence-corrected chi connectivity index (χ2v) is 22.5. The lowest BCUT2D eigenvalue weighted by Gasteiger charge is -2.19. The molecule has 8 N–H and O–H groups in total. The number of rotatable bonds is 23. The van der Waals surface area contributed by atoms with Crippen LogP contribution in [0.2, 0.25) is 5.02 Å². The van der Waals surface area contributed by atoms with Gasteiger partial charge in [-0.2, -0.15) is 5.26 Å². The van der Waals surface area contributed by atoms with Gasteiger partial charge in [-0.1, -0.05) is 57.5 Å². The molecule has 5 amide bonds. The fraction of sp³-hybridized carbons (Fsp3) is 0.271. The van der Waals surface area contributed by atoms with Crippen LogP contribution in [0.4, 0.5) is 30.6 Å². The Morgan fingerprint density at radius 2 is 1.52 bits per heavy atom. The summed E-state index contributed by atoms with van der Waals surface area (Å²) in [6.45, 7) is 1.75. The monoisotopic (exact) mass is 1210 g/mol. The van der Waals surface area contributed by atoms with Crippen molar-refractivity contribution in [1.82, 2.24) is 40.8 Å². The maximum absolute atomic E-state index is 13.9. The van der Waals surface area contributed by atoms with E-state index in [-0.39, 0.29) is 54.6 Å². The summed E-state index contributed by atoms with van der Waals surface area (Å²) in [5, 5.41) is 20.6. The summed E-state index contributed by atoms with van der Waals surface area (Å²) in [5.74, 6) is -5.91. The number of nitriles is 1. The van der Waals surface area contributed by atoms with Gasteiger partial charge in [0.1, 0.15) is 25.3 Å². The van der Waals surface area contributed by atoms with Crippen LogP contribution in [0.1, 0.15) is 52.1 Å². The number of amides is 5. The SMILES string of the molecule is COc1ncc(-c2ccc3nccc(-c4ccc(COC(=O)OCCSSCC(NC(=O)CCC(=O)NCc5cc(C(=O)NCC(=O)N6CC(F)(F)C[C@H]6C#N)c(Cl)cn5)C(=O)Nc5ccc(-c6ccc(N)c(C)c6)cc5C)nc4)c3c2)cc1N. The Labute approximate surface area is 499 Å². The van der Waals surface area contributed by atoms with Gasteiger partial charge in [-0.05, 0) is 108 Å². The van der Waals surface area contributed by atoms with Crippen LogP contribution >= 0.6 is 33.2 Å². The summed E-state index contributed by atoms with van der Waals surface area (Å²) >= 11 is 6.20. The summed E-state index contributed by atoms with van der Waals surface area (Å²) in [6.07, 6.45) is 3.92. The number of aromatic nitrogens is 4. The molecule has 7 aromatic rings. The van der Waals surface area contributed by atoms with Crippen molar-refractivity contribution in [2.24, 2.45) is 0 Å². The first kappa shape index (κ1) is 61.9. The summed E-state index contributed by atoms with van der Waals surface area (Å²) in [7, 11) is 4.04. The number of ether oxygens (including phenoxy) is 3. The second kappa shape index (κ2) is 28.4. The minimum atomic E-state index is -3.23. The maximum atomic E-state index is 13.9. The van der Waals surface area contributed by atoms with Gasteiger partial charge in [0.15, 0.2) is 0 Å². The van der Waals surface area contributed by atoms with Crippen LogP contribution in [0.5, 0.6) is 5.88 Å². The van der Waals surface area contributed by atoms with E-state index in [0.29, 0.717) is 39.3 Å². The summed E-state index contributed by atoms with van der Waals surface area (Å²) in [4.78, 5) is 96.6. The quantitative estimate of drug-likeness (QED) is 0.0151. The number of hydrogen-bond acceptors (Lipinski definition) is 18. The van der Waals surface area contributed by atoms with Crippen LogP contribution in [0, 0.1) is 25.2 Å². The highest BCUT2D eigenvalue weighted by Gasteiger charge is 2.47. The van der Waals surface area contributed by atoms with Crippen molar-refractivity contribution < 1.29 is 51.8 Å². The lowest BCUT2D eigenvalue weighted by atomic mass is 9.98. The zero-order valence-corrected chi connectivity index (χ0v) is 48.5. The topological polar surface area (TPSA) is 309 Å². The molecule has 0 saturated carbocycles. The Bertz CT molecular complexity index is 3710. The number of methoxy groups -OCH3 is 1. The van der Waals surface area contributed by atoms with E-state index in [1.165, 1.54) is 34.8 Å². The van der Waals surface area contributed by atoms with Gasteiger partial charge in [0.2, 0.25) is 29.5 Å². The van der Waals surface area contributed by atoms with E-state index < -0.39 is 73.2 Å². The van der Waals surface area contributed by atoms with Crippen molar-refractivity contribution in [2.45, 2.75) is 64.3 Å². The van der Waals surface area contributed by atoms with Gasteiger partial charge in [0.05, 0.1) is 66.0 Å². The number of nitrogen functional groups attached to an aromatic ring is 2. The highest BCUT2D eigenvalue weighted by atomic mass is 35.5.